The number of anilines is 4. The Labute approximate surface area is 170 Å². The molecule has 2 aromatic carbocycles. The van der Waals surface area contributed by atoms with E-state index in [1.54, 1.807) is 6.92 Å². The van der Waals surface area contributed by atoms with E-state index in [-0.39, 0.29) is 22.9 Å². The van der Waals surface area contributed by atoms with Crippen molar-refractivity contribution in [1.82, 2.24) is 15.0 Å². The zero-order chi connectivity index (χ0) is 20.8. The van der Waals surface area contributed by atoms with E-state index in [1.807, 2.05) is 30.3 Å². The van der Waals surface area contributed by atoms with E-state index < -0.39 is 23.2 Å². The topological polar surface area (TPSA) is 106 Å². The molecule has 0 aliphatic heterocycles. The number of nitrogens with zero attached hydrogens (tertiary/aromatic N) is 3. The zero-order valence-electron chi connectivity index (χ0n) is 15.4. The van der Waals surface area contributed by atoms with Crippen LogP contribution >= 0.6 is 11.8 Å². The van der Waals surface area contributed by atoms with Crippen LogP contribution in [0.1, 0.15) is 18.0 Å². The number of aromatic nitrogens is 3. The Hall–Kier alpha value is -3.27. The fraction of sp³-hybridized carbons (Fsp3) is 0.158. The molecule has 0 bridgehead atoms. The second kappa shape index (κ2) is 9.28. The van der Waals surface area contributed by atoms with Gasteiger partial charge < -0.3 is 16.4 Å². The quantitative estimate of drug-likeness (QED) is 0.536. The average Bonchev–Trinajstić information content (AvgIpc) is 2.69. The molecule has 3 rings (SSSR count). The minimum Gasteiger partial charge on any atom is -0.368 e. The summed E-state index contributed by atoms with van der Waals surface area (Å²) in [5.74, 6) is -1.57. The van der Waals surface area contributed by atoms with Crippen LogP contribution in [0.5, 0.6) is 0 Å². The van der Waals surface area contributed by atoms with Crippen LogP contribution in [-0.2, 0) is 4.79 Å². The number of nitrogen functional groups attached to an aromatic ring is 1. The Balaban J connectivity index is 1.63. The molecule has 1 amide bonds. The fourth-order valence-corrected chi connectivity index (χ4v) is 3.09. The lowest BCUT2D eigenvalue weighted by molar-refractivity contribution is -0.113. The van der Waals surface area contributed by atoms with Gasteiger partial charge in [0.2, 0.25) is 17.8 Å². The van der Waals surface area contributed by atoms with Crippen molar-refractivity contribution in [2.75, 3.05) is 22.1 Å². The van der Waals surface area contributed by atoms with Crippen molar-refractivity contribution in [3.05, 3.63) is 66.0 Å². The first-order valence-corrected chi connectivity index (χ1v) is 9.66. The highest BCUT2D eigenvalue weighted by atomic mass is 32.2. The van der Waals surface area contributed by atoms with Crippen molar-refractivity contribution >= 4 is 40.9 Å². The van der Waals surface area contributed by atoms with E-state index in [0.717, 1.165) is 17.8 Å². The number of para-hydroxylation sites is 2. The van der Waals surface area contributed by atoms with Gasteiger partial charge in [-0.25, -0.2) is 8.78 Å². The molecule has 4 N–H and O–H groups in total. The number of thioether (sulfide) groups is 1. The summed E-state index contributed by atoms with van der Waals surface area (Å²) in [4.78, 5) is 24.6. The fourth-order valence-electron chi connectivity index (χ4n) is 2.37. The lowest BCUT2D eigenvalue weighted by Crippen LogP contribution is -2.17. The summed E-state index contributed by atoms with van der Waals surface area (Å²) < 4.78 is 27.3. The maximum atomic E-state index is 13.6. The van der Waals surface area contributed by atoms with Gasteiger partial charge in [0.1, 0.15) is 23.1 Å². The van der Waals surface area contributed by atoms with E-state index in [9.17, 15) is 13.6 Å². The first-order chi connectivity index (χ1) is 13.9. The van der Waals surface area contributed by atoms with Crippen LogP contribution in [0.15, 0.2) is 48.5 Å². The van der Waals surface area contributed by atoms with Crippen molar-refractivity contribution in [3.8, 4) is 0 Å². The molecule has 1 aromatic heterocycles. The van der Waals surface area contributed by atoms with Gasteiger partial charge in [-0.3, -0.25) is 4.79 Å². The van der Waals surface area contributed by atoms with Gasteiger partial charge in [0.05, 0.1) is 11.0 Å². The Morgan fingerprint density at radius 2 is 1.76 bits per heavy atom. The van der Waals surface area contributed by atoms with E-state index >= 15 is 0 Å². The van der Waals surface area contributed by atoms with Crippen LogP contribution in [0, 0.1) is 11.6 Å². The Bertz CT molecular complexity index is 985. The predicted octanol–water partition coefficient (Wildman–Crippen LogP) is 3.91. The number of nitrogens with one attached hydrogen (secondary N) is 2. The SMILES string of the molecule is C[C@H](SCC(=O)Nc1c(F)cccc1F)c1nc(N)nc(Nc2ccccc2)n1. The number of nitrogens with two attached hydrogens (primary N) is 1. The van der Waals surface area contributed by atoms with Crippen molar-refractivity contribution in [2.24, 2.45) is 0 Å². The number of hydrogen-bond donors (Lipinski definition) is 3. The van der Waals surface area contributed by atoms with Crippen LogP contribution in [0.2, 0.25) is 0 Å². The highest BCUT2D eigenvalue weighted by Crippen LogP contribution is 2.27. The summed E-state index contributed by atoms with van der Waals surface area (Å²) in [6, 6.07) is 12.7. The molecule has 0 radical (unpaired) electrons. The third-order valence-corrected chi connectivity index (χ3v) is 4.89. The van der Waals surface area contributed by atoms with Crippen LogP contribution in [-0.4, -0.2) is 26.6 Å². The van der Waals surface area contributed by atoms with Crippen LogP contribution in [0.3, 0.4) is 0 Å². The number of carbonyl (C=O) groups is 1. The number of halogens is 2. The molecule has 7 nitrogen and oxygen atoms in total. The molecule has 29 heavy (non-hydrogen) atoms. The standard InChI is InChI=1S/C19H18F2N6OS/c1-11(29-10-15(28)24-16-13(20)8-5-9-14(16)21)17-25-18(22)27-19(26-17)23-12-6-3-2-4-7-12/h2-9,11H,10H2,1H3,(H,24,28)(H3,22,23,25,26,27)/t11-/m0/s1. The summed E-state index contributed by atoms with van der Waals surface area (Å²) in [5.41, 5.74) is 6.09. The molecule has 0 unspecified atom stereocenters. The lowest BCUT2D eigenvalue weighted by atomic mass is 10.3. The second-order valence-electron chi connectivity index (χ2n) is 5.96. The predicted molar refractivity (Wildman–Crippen MR) is 110 cm³/mol. The molecule has 150 valence electrons. The molecule has 1 atom stereocenters. The number of amides is 1. The van der Waals surface area contributed by atoms with Gasteiger partial charge in [0, 0.05) is 5.69 Å². The maximum absolute atomic E-state index is 13.6. The average molecular weight is 416 g/mol. The van der Waals surface area contributed by atoms with Gasteiger partial charge in [-0.05, 0) is 31.2 Å². The number of hydrogen-bond acceptors (Lipinski definition) is 7. The van der Waals surface area contributed by atoms with Crippen LogP contribution in [0.4, 0.5) is 32.1 Å². The summed E-state index contributed by atoms with van der Waals surface area (Å²) in [6.07, 6.45) is 0. The number of rotatable bonds is 7. The smallest absolute Gasteiger partial charge is 0.234 e. The molecule has 0 spiro atoms. The molecule has 0 aliphatic rings. The molecular weight excluding hydrogens is 398 g/mol. The normalized spacial score (nSPS) is 11.7. The molecule has 1 heterocycles. The highest BCUT2D eigenvalue weighted by Gasteiger charge is 2.17. The highest BCUT2D eigenvalue weighted by molar-refractivity contribution is 8.00. The Morgan fingerprint density at radius 3 is 2.45 bits per heavy atom. The Morgan fingerprint density at radius 1 is 1.07 bits per heavy atom. The maximum Gasteiger partial charge on any atom is 0.234 e. The first-order valence-electron chi connectivity index (χ1n) is 8.61. The minimum absolute atomic E-state index is 0.0405. The van der Waals surface area contributed by atoms with Crippen molar-refractivity contribution in [2.45, 2.75) is 12.2 Å². The van der Waals surface area contributed by atoms with Gasteiger partial charge in [-0.15, -0.1) is 11.8 Å². The molecule has 0 fully saturated rings. The summed E-state index contributed by atoms with van der Waals surface area (Å²) >= 11 is 1.20. The third kappa shape index (κ3) is 5.61. The molecular formula is C19H18F2N6OS. The van der Waals surface area contributed by atoms with Crippen molar-refractivity contribution in [3.63, 3.8) is 0 Å². The van der Waals surface area contributed by atoms with E-state index in [0.29, 0.717) is 5.82 Å². The van der Waals surface area contributed by atoms with E-state index in [2.05, 4.69) is 25.6 Å². The lowest BCUT2D eigenvalue weighted by Gasteiger charge is -2.13. The molecule has 0 saturated carbocycles. The van der Waals surface area contributed by atoms with Crippen molar-refractivity contribution in [1.29, 1.82) is 0 Å². The monoisotopic (exact) mass is 416 g/mol. The first kappa shape index (κ1) is 20.5. The number of benzene rings is 2. The van der Waals surface area contributed by atoms with Gasteiger partial charge in [-0.1, -0.05) is 24.3 Å². The van der Waals surface area contributed by atoms with Crippen LogP contribution in [0.25, 0.3) is 0 Å². The molecule has 0 saturated heterocycles. The van der Waals surface area contributed by atoms with Gasteiger partial charge in [0.15, 0.2) is 0 Å². The molecule has 10 heteroatoms. The molecule has 0 aliphatic carbocycles. The minimum atomic E-state index is -0.835. The summed E-state index contributed by atoms with van der Waals surface area (Å²) in [5, 5.41) is 4.96. The largest absolute Gasteiger partial charge is 0.368 e. The third-order valence-electron chi connectivity index (χ3n) is 3.76. The summed E-state index contributed by atoms with van der Waals surface area (Å²) in [7, 11) is 0. The van der Waals surface area contributed by atoms with E-state index in [4.69, 9.17) is 5.73 Å². The van der Waals surface area contributed by atoms with Gasteiger partial charge in [-0.2, -0.15) is 15.0 Å². The number of carbonyl (C=O) groups excluding carboxylic acids is 1. The molecule has 3 aromatic rings. The zero-order valence-corrected chi connectivity index (χ0v) is 16.2. The van der Waals surface area contributed by atoms with Crippen molar-refractivity contribution < 1.29 is 13.6 Å². The Kier molecular flexibility index (Phi) is 6.55. The van der Waals surface area contributed by atoms with Gasteiger partial charge in [0.25, 0.3) is 0 Å². The second-order valence-corrected chi connectivity index (χ2v) is 7.29. The summed E-state index contributed by atoms with van der Waals surface area (Å²) in [6.45, 7) is 1.79. The van der Waals surface area contributed by atoms with Gasteiger partial charge >= 0.3 is 0 Å². The van der Waals surface area contributed by atoms with E-state index in [1.165, 1.54) is 17.8 Å². The van der Waals surface area contributed by atoms with Crippen LogP contribution < -0.4 is 16.4 Å².